The van der Waals surface area contributed by atoms with Crippen molar-refractivity contribution < 1.29 is 23.4 Å². The number of nitrogens with zero attached hydrogens (tertiary/aromatic N) is 4. The SMILES string of the molecule is N#CC1=NN(c2ccccn2)C(O)C1C(O)C(F)(F)F. The normalized spacial score (nSPS) is 24.2. The third-order valence-corrected chi connectivity index (χ3v) is 2.78. The first kappa shape index (κ1) is 14.2. The predicted octanol–water partition coefficient (Wildman–Crippen LogP) is 0.639. The molecular formula is C11H9F3N4O2. The Morgan fingerprint density at radius 2 is 2.10 bits per heavy atom. The number of rotatable bonds is 2. The number of aliphatic hydroxyl groups is 2. The van der Waals surface area contributed by atoms with Gasteiger partial charge in [-0.05, 0) is 12.1 Å². The van der Waals surface area contributed by atoms with E-state index >= 15 is 0 Å². The third kappa shape index (κ3) is 2.43. The van der Waals surface area contributed by atoms with Gasteiger partial charge in [0.15, 0.2) is 18.1 Å². The number of anilines is 1. The summed E-state index contributed by atoms with van der Waals surface area (Å²) < 4.78 is 37.7. The lowest BCUT2D eigenvalue weighted by molar-refractivity contribution is -0.218. The largest absolute Gasteiger partial charge is 0.415 e. The van der Waals surface area contributed by atoms with E-state index in [0.717, 1.165) is 5.01 Å². The topological polar surface area (TPSA) is 92.7 Å². The molecule has 0 aliphatic carbocycles. The number of aliphatic hydroxyl groups excluding tert-OH is 2. The summed E-state index contributed by atoms with van der Waals surface area (Å²) in [6, 6.07) is 5.98. The summed E-state index contributed by atoms with van der Waals surface area (Å²) in [6.45, 7) is 0. The van der Waals surface area contributed by atoms with Gasteiger partial charge < -0.3 is 10.2 Å². The van der Waals surface area contributed by atoms with Crippen LogP contribution in [-0.4, -0.2) is 39.4 Å². The van der Waals surface area contributed by atoms with E-state index in [4.69, 9.17) is 5.26 Å². The molecular weight excluding hydrogens is 277 g/mol. The Kier molecular flexibility index (Phi) is 3.61. The second-order valence-corrected chi connectivity index (χ2v) is 4.06. The highest BCUT2D eigenvalue weighted by molar-refractivity contribution is 6.03. The summed E-state index contributed by atoms with van der Waals surface area (Å²) in [5, 5.41) is 32.3. The molecule has 106 valence electrons. The van der Waals surface area contributed by atoms with Crippen molar-refractivity contribution in [1.29, 1.82) is 5.26 Å². The second-order valence-electron chi connectivity index (χ2n) is 4.06. The standard InChI is InChI=1S/C11H9F3N4O2/c12-11(13,14)9(19)8-6(5-15)17-18(10(8)20)7-3-1-2-4-16-7/h1-4,8-10,19-20H. The van der Waals surface area contributed by atoms with E-state index in [0.29, 0.717) is 0 Å². The first-order chi connectivity index (χ1) is 9.36. The van der Waals surface area contributed by atoms with Gasteiger partial charge in [0.1, 0.15) is 11.8 Å². The van der Waals surface area contributed by atoms with Crippen molar-refractivity contribution in [2.45, 2.75) is 18.5 Å². The van der Waals surface area contributed by atoms with Gasteiger partial charge in [0.05, 0.1) is 5.92 Å². The van der Waals surface area contributed by atoms with E-state index < -0.39 is 30.1 Å². The lowest BCUT2D eigenvalue weighted by Gasteiger charge is -2.26. The summed E-state index contributed by atoms with van der Waals surface area (Å²) >= 11 is 0. The molecule has 0 bridgehead atoms. The van der Waals surface area contributed by atoms with Crippen LogP contribution in [0.1, 0.15) is 0 Å². The molecule has 1 aromatic heterocycles. The van der Waals surface area contributed by atoms with Crippen LogP contribution in [0.5, 0.6) is 0 Å². The molecule has 0 saturated heterocycles. The van der Waals surface area contributed by atoms with Crippen LogP contribution >= 0.6 is 0 Å². The zero-order valence-electron chi connectivity index (χ0n) is 9.86. The van der Waals surface area contributed by atoms with Gasteiger partial charge in [0.25, 0.3) is 0 Å². The highest BCUT2D eigenvalue weighted by Gasteiger charge is 2.52. The third-order valence-electron chi connectivity index (χ3n) is 2.78. The number of nitriles is 1. The summed E-state index contributed by atoms with van der Waals surface area (Å²) in [6.07, 6.45) is -8.32. The number of hydrogen-bond donors (Lipinski definition) is 2. The molecule has 1 aliphatic rings. The van der Waals surface area contributed by atoms with Crippen LogP contribution in [0, 0.1) is 17.2 Å². The van der Waals surface area contributed by atoms with Crippen molar-refractivity contribution in [3.8, 4) is 6.07 Å². The molecule has 3 atom stereocenters. The average molecular weight is 286 g/mol. The summed E-state index contributed by atoms with van der Waals surface area (Å²) in [5.74, 6) is -1.80. The van der Waals surface area contributed by atoms with E-state index in [1.807, 2.05) is 0 Å². The van der Waals surface area contributed by atoms with Crippen molar-refractivity contribution in [1.82, 2.24) is 4.98 Å². The van der Waals surface area contributed by atoms with E-state index in [9.17, 15) is 23.4 Å². The van der Waals surface area contributed by atoms with Crippen molar-refractivity contribution in [3.63, 3.8) is 0 Å². The minimum atomic E-state index is -4.97. The molecule has 2 N–H and O–H groups in total. The molecule has 0 fully saturated rings. The molecule has 6 nitrogen and oxygen atoms in total. The van der Waals surface area contributed by atoms with Crippen LogP contribution in [0.2, 0.25) is 0 Å². The molecule has 9 heteroatoms. The number of alkyl halides is 3. The number of aromatic nitrogens is 1. The van der Waals surface area contributed by atoms with Gasteiger partial charge in [-0.1, -0.05) is 6.07 Å². The Balaban J connectivity index is 2.35. The monoisotopic (exact) mass is 286 g/mol. The first-order valence-corrected chi connectivity index (χ1v) is 5.48. The Labute approximate surface area is 111 Å². The van der Waals surface area contributed by atoms with Gasteiger partial charge in [-0.15, -0.1) is 0 Å². The van der Waals surface area contributed by atoms with Crippen molar-refractivity contribution in [2.24, 2.45) is 11.0 Å². The maximum absolute atomic E-state index is 12.6. The fraction of sp³-hybridized carbons (Fsp3) is 0.364. The number of hydrazone groups is 1. The molecule has 2 rings (SSSR count). The van der Waals surface area contributed by atoms with Crippen LogP contribution in [0.25, 0.3) is 0 Å². The molecule has 0 amide bonds. The highest BCUT2D eigenvalue weighted by Crippen LogP contribution is 2.34. The quantitative estimate of drug-likeness (QED) is 0.832. The summed E-state index contributed by atoms with van der Waals surface area (Å²) in [5.41, 5.74) is -0.604. The maximum Gasteiger partial charge on any atom is 0.415 e. The maximum atomic E-state index is 12.6. The number of hydrogen-bond acceptors (Lipinski definition) is 6. The lowest BCUT2D eigenvalue weighted by atomic mass is 9.96. The van der Waals surface area contributed by atoms with E-state index in [1.165, 1.54) is 18.3 Å². The molecule has 0 radical (unpaired) electrons. The zero-order valence-corrected chi connectivity index (χ0v) is 9.86. The fourth-order valence-corrected chi connectivity index (χ4v) is 1.82. The highest BCUT2D eigenvalue weighted by atomic mass is 19.4. The minimum absolute atomic E-state index is 0.0737. The molecule has 1 aliphatic heterocycles. The molecule has 0 aromatic carbocycles. The Morgan fingerprint density at radius 3 is 2.60 bits per heavy atom. The first-order valence-electron chi connectivity index (χ1n) is 5.48. The van der Waals surface area contributed by atoms with E-state index in [-0.39, 0.29) is 5.82 Å². The molecule has 3 unspecified atom stereocenters. The molecule has 0 spiro atoms. The van der Waals surface area contributed by atoms with E-state index in [1.54, 1.807) is 12.1 Å². The Bertz CT molecular complexity index is 555. The van der Waals surface area contributed by atoms with Gasteiger partial charge in [-0.3, -0.25) is 0 Å². The molecule has 0 saturated carbocycles. The smallest absolute Gasteiger partial charge is 0.383 e. The van der Waals surface area contributed by atoms with Crippen LogP contribution in [0.15, 0.2) is 29.5 Å². The number of pyridine rings is 1. The Hall–Kier alpha value is -2.18. The zero-order chi connectivity index (χ0) is 14.9. The van der Waals surface area contributed by atoms with E-state index in [2.05, 4.69) is 10.1 Å². The van der Waals surface area contributed by atoms with Crippen LogP contribution in [0.3, 0.4) is 0 Å². The van der Waals surface area contributed by atoms with Gasteiger partial charge in [0.2, 0.25) is 0 Å². The molecule has 20 heavy (non-hydrogen) atoms. The lowest BCUT2D eigenvalue weighted by Crippen LogP contribution is -2.46. The van der Waals surface area contributed by atoms with Gasteiger partial charge in [0, 0.05) is 6.20 Å². The number of halogens is 3. The van der Waals surface area contributed by atoms with Crippen molar-refractivity contribution in [3.05, 3.63) is 24.4 Å². The van der Waals surface area contributed by atoms with Crippen molar-refractivity contribution in [2.75, 3.05) is 5.01 Å². The van der Waals surface area contributed by atoms with Gasteiger partial charge >= 0.3 is 6.18 Å². The second kappa shape index (κ2) is 5.07. The van der Waals surface area contributed by atoms with Crippen LogP contribution in [-0.2, 0) is 0 Å². The summed E-state index contributed by atoms with van der Waals surface area (Å²) in [7, 11) is 0. The van der Waals surface area contributed by atoms with Crippen LogP contribution < -0.4 is 5.01 Å². The summed E-state index contributed by atoms with van der Waals surface area (Å²) in [4.78, 5) is 3.82. The Morgan fingerprint density at radius 1 is 1.40 bits per heavy atom. The fourth-order valence-electron chi connectivity index (χ4n) is 1.82. The van der Waals surface area contributed by atoms with Gasteiger partial charge in [-0.2, -0.15) is 23.5 Å². The minimum Gasteiger partial charge on any atom is -0.383 e. The predicted molar refractivity (Wildman–Crippen MR) is 61.3 cm³/mol. The van der Waals surface area contributed by atoms with Gasteiger partial charge in [-0.25, -0.2) is 9.99 Å². The van der Waals surface area contributed by atoms with Crippen LogP contribution in [0.4, 0.5) is 19.0 Å². The average Bonchev–Trinajstić information content (AvgIpc) is 2.74. The molecule has 1 aromatic rings. The molecule has 2 heterocycles. The van der Waals surface area contributed by atoms with Crippen molar-refractivity contribution >= 4 is 11.5 Å².